The summed E-state index contributed by atoms with van der Waals surface area (Å²) in [5.74, 6) is 0. The number of rotatable bonds is 1. The van der Waals surface area contributed by atoms with Crippen molar-refractivity contribution in [1.29, 1.82) is 0 Å². The number of hydrogen-bond donors (Lipinski definition) is 0. The molecule has 1 aliphatic heterocycles. The lowest BCUT2D eigenvalue weighted by Crippen LogP contribution is -2.07. The molecule has 0 bridgehead atoms. The van der Waals surface area contributed by atoms with E-state index in [9.17, 15) is 0 Å². The summed E-state index contributed by atoms with van der Waals surface area (Å²) in [6.07, 6.45) is 1.11. The van der Waals surface area contributed by atoms with Gasteiger partial charge in [0.25, 0.3) is 0 Å². The van der Waals surface area contributed by atoms with Crippen LogP contribution in [0.5, 0.6) is 0 Å². The molecule has 0 aromatic carbocycles. The number of aliphatic imine (C=N–C) groups is 1. The molecule has 0 aromatic rings. The van der Waals surface area contributed by atoms with E-state index in [4.69, 9.17) is 0 Å². The Labute approximate surface area is 60.9 Å². The van der Waals surface area contributed by atoms with Crippen molar-refractivity contribution in [3.05, 3.63) is 0 Å². The Balaban J connectivity index is 2.52. The van der Waals surface area contributed by atoms with Crippen LogP contribution >= 0.6 is 11.8 Å². The zero-order chi connectivity index (χ0) is 6.85. The molecule has 2 unspecified atom stereocenters. The van der Waals surface area contributed by atoms with E-state index in [0.717, 1.165) is 6.42 Å². The fraction of sp³-hybridized carbons (Fsp3) is 0.857. The monoisotopic (exact) mass is 143 g/mol. The molecule has 1 rings (SSSR count). The second-order valence-electron chi connectivity index (χ2n) is 2.44. The molecule has 0 radical (unpaired) electrons. The Bertz CT molecular complexity index is 131. The van der Waals surface area contributed by atoms with Crippen LogP contribution in [0.1, 0.15) is 27.2 Å². The fourth-order valence-corrected chi connectivity index (χ4v) is 1.93. The Morgan fingerprint density at radius 1 is 1.56 bits per heavy atom. The summed E-state index contributed by atoms with van der Waals surface area (Å²) in [4.78, 5) is 4.47. The lowest BCUT2D eigenvalue weighted by Gasteiger charge is -2.02. The Morgan fingerprint density at radius 2 is 2.22 bits per heavy atom. The third-order valence-electron chi connectivity index (χ3n) is 1.65. The van der Waals surface area contributed by atoms with Crippen molar-refractivity contribution in [2.24, 2.45) is 4.99 Å². The van der Waals surface area contributed by atoms with Crippen molar-refractivity contribution in [1.82, 2.24) is 0 Å². The SMILES string of the molecule is CCC1=NC(C)C(C)S1. The van der Waals surface area contributed by atoms with Gasteiger partial charge in [0.1, 0.15) is 0 Å². The van der Waals surface area contributed by atoms with Gasteiger partial charge in [0.15, 0.2) is 0 Å². The van der Waals surface area contributed by atoms with Gasteiger partial charge in [0.05, 0.1) is 11.1 Å². The molecule has 0 amide bonds. The quantitative estimate of drug-likeness (QED) is 0.548. The van der Waals surface area contributed by atoms with Gasteiger partial charge in [-0.1, -0.05) is 13.8 Å². The van der Waals surface area contributed by atoms with Crippen LogP contribution < -0.4 is 0 Å². The number of thioether (sulfide) groups is 1. The molecule has 0 saturated carbocycles. The highest BCUT2D eigenvalue weighted by Gasteiger charge is 2.20. The first-order valence-corrected chi connectivity index (χ1v) is 4.35. The minimum absolute atomic E-state index is 0.546. The van der Waals surface area contributed by atoms with Crippen molar-refractivity contribution >= 4 is 16.8 Å². The van der Waals surface area contributed by atoms with Crippen LogP contribution in [0.3, 0.4) is 0 Å². The molecular formula is C7H13NS. The van der Waals surface area contributed by atoms with E-state index in [1.54, 1.807) is 0 Å². The van der Waals surface area contributed by atoms with E-state index in [2.05, 4.69) is 25.8 Å². The summed E-state index contributed by atoms with van der Waals surface area (Å²) in [5, 5.41) is 2.04. The highest BCUT2D eigenvalue weighted by molar-refractivity contribution is 8.14. The maximum absolute atomic E-state index is 4.47. The number of hydrogen-bond acceptors (Lipinski definition) is 2. The van der Waals surface area contributed by atoms with Crippen LogP contribution in [0.25, 0.3) is 0 Å². The number of nitrogens with zero attached hydrogens (tertiary/aromatic N) is 1. The molecule has 0 spiro atoms. The Kier molecular flexibility index (Phi) is 2.17. The van der Waals surface area contributed by atoms with Crippen LogP contribution in [0.4, 0.5) is 0 Å². The van der Waals surface area contributed by atoms with Crippen molar-refractivity contribution in [2.45, 2.75) is 38.5 Å². The lowest BCUT2D eigenvalue weighted by molar-refractivity contribution is 0.748. The predicted molar refractivity (Wildman–Crippen MR) is 44.2 cm³/mol. The minimum Gasteiger partial charge on any atom is -0.279 e. The minimum atomic E-state index is 0.546. The zero-order valence-electron chi connectivity index (χ0n) is 6.22. The summed E-state index contributed by atoms with van der Waals surface area (Å²) in [7, 11) is 0. The molecule has 0 aliphatic carbocycles. The Hall–Kier alpha value is 0.0200. The topological polar surface area (TPSA) is 12.4 Å². The average Bonchev–Trinajstić information content (AvgIpc) is 2.13. The van der Waals surface area contributed by atoms with Gasteiger partial charge in [-0.25, -0.2) is 0 Å². The van der Waals surface area contributed by atoms with E-state index >= 15 is 0 Å². The van der Waals surface area contributed by atoms with Gasteiger partial charge in [-0.05, 0) is 13.3 Å². The fourth-order valence-electron chi connectivity index (χ4n) is 0.850. The van der Waals surface area contributed by atoms with Gasteiger partial charge < -0.3 is 0 Å². The molecule has 1 nitrogen and oxygen atoms in total. The maximum Gasteiger partial charge on any atom is 0.0680 e. The van der Waals surface area contributed by atoms with Crippen LogP contribution in [0.15, 0.2) is 4.99 Å². The molecule has 0 N–H and O–H groups in total. The van der Waals surface area contributed by atoms with Crippen LogP contribution in [-0.2, 0) is 0 Å². The van der Waals surface area contributed by atoms with Crippen molar-refractivity contribution < 1.29 is 0 Å². The van der Waals surface area contributed by atoms with Crippen LogP contribution in [-0.4, -0.2) is 16.3 Å². The molecule has 2 atom stereocenters. The largest absolute Gasteiger partial charge is 0.279 e. The molecule has 0 fully saturated rings. The van der Waals surface area contributed by atoms with E-state index in [-0.39, 0.29) is 0 Å². The van der Waals surface area contributed by atoms with Gasteiger partial charge in [-0.15, -0.1) is 11.8 Å². The second kappa shape index (κ2) is 2.74. The van der Waals surface area contributed by atoms with Gasteiger partial charge in [-0.2, -0.15) is 0 Å². The highest BCUT2D eigenvalue weighted by atomic mass is 32.2. The van der Waals surface area contributed by atoms with Crippen LogP contribution in [0, 0.1) is 0 Å². The van der Waals surface area contributed by atoms with Gasteiger partial charge in [0.2, 0.25) is 0 Å². The standard InChI is InChI=1S/C7H13NS/c1-4-7-8-5(2)6(3)9-7/h5-6H,4H2,1-3H3. The summed E-state index contributed by atoms with van der Waals surface area (Å²) in [6.45, 7) is 6.58. The Morgan fingerprint density at radius 3 is 2.44 bits per heavy atom. The third kappa shape index (κ3) is 1.48. The molecule has 0 aromatic heterocycles. The first kappa shape index (κ1) is 7.13. The summed E-state index contributed by atoms with van der Waals surface area (Å²) in [6, 6.07) is 0.546. The molecule has 9 heavy (non-hydrogen) atoms. The summed E-state index contributed by atoms with van der Waals surface area (Å²) < 4.78 is 0. The van der Waals surface area contributed by atoms with Crippen molar-refractivity contribution in [3.63, 3.8) is 0 Å². The van der Waals surface area contributed by atoms with Crippen molar-refractivity contribution in [3.8, 4) is 0 Å². The molecular weight excluding hydrogens is 130 g/mol. The summed E-state index contributed by atoms with van der Waals surface area (Å²) >= 11 is 1.92. The van der Waals surface area contributed by atoms with E-state index in [1.165, 1.54) is 5.04 Å². The molecule has 0 saturated heterocycles. The smallest absolute Gasteiger partial charge is 0.0680 e. The molecule has 52 valence electrons. The first-order valence-electron chi connectivity index (χ1n) is 3.47. The highest BCUT2D eigenvalue weighted by Crippen LogP contribution is 2.27. The van der Waals surface area contributed by atoms with Crippen LogP contribution in [0.2, 0.25) is 0 Å². The zero-order valence-corrected chi connectivity index (χ0v) is 7.03. The lowest BCUT2D eigenvalue weighted by atomic mass is 10.3. The summed E-state index contributed by atoms with van der Waals surface area (Å²) in [5.41, 5.74) is 0. The average molecular weight is 143 g/mol. The van der Waals surface area contributed by atoms with E-state index in [1.807, 2.05) is 11.8 Å². The van der Waals surface area contributed by atoms with Crippen molar-refractivity contribution in [2.75, 3.05) is 0 Å². The molecule has 1 heterocycles. The van der Waals surface area contributed by atoms with Gasteiger partial charge in [-0.3, -0.25) is 4.99 Å². The van der Waals surface area contributed by atoms with Gasteiger partial charge in [0, 0.05) is 5.25 Å². The molecule has 1 aliphatic rings. The van der Waals surface area contributed by atoms with E-state index < -0.39 is 0 Å². The first-order chi connectivity index (χ1) is 4.24. The van der Waals surface area contributed by atoms with Gasteiger partial charge >= 0.3 is 0 Å². The normalized spacial score (nSPS) is 34.8. The molecule has 2 heteroatoms. The van der Waals surface area contributed by atoms with E-state index in [0.29, 0.717) is 11.3 Å². The second-order valence-corrected chi connectivity index (χ2v) is 3.89. The third-order valence-corrected chi connectivity index (χ3v) is 3.08. The maximum atomic E-state index is 4.47. The predicted octanol–water partition coefficient (Wildman–Crippen LogP) is 2.32.